The number of rotatable bonds is 11. The van der Waals surface area contributed by atoms with Crippen molar-refractivity contribution in [3.8, 4) is 5.75 Å². The summed E-state index contributed by atoms with van der Waals surface area (Å²) in [5.74, 6) is 0.791. The van der Waals surface area contributed by atoms with Gasteiger partial charge in [-0.2, -0.15) is 0 Å². The van der Waals surface area contributed by atoms with Crippen LogP contribution in [0.25, 0.3) is 0 Å². The monoisotopic (exact) mass is 488 g/mol. The van der Waals surface area contributed by atoms with Gasteiger partial charge in [0.15, 0.2) is 0 Å². The molecule has 0 atom stereocenters. The Bertz CT molecular complexity index is 392. The van der Waals surface area contributed by atoms with Crippen LogP contribution in [0.15, 0.2) is 21.1 Å². The molecule has 4 nitrogen and oxygen atoms in total. The molecule has 0 fully saturated rings. The highest BCUT2D eigenvalue weighted by atomic mass is 79.9. The minimum atomic E-state index is 0.489. The summed E-state index contributed by atoms with van der Waals surface area (Å²) in [5, 5.41) is 0.802. The molecule has 0 amide bonds. The summed E-state index contributed by atoms with van der Waals surface area (Å²) in [6.45, 7) is 3.33. The second-order valence-corrected chi connectivity index (χ2v) is 6.36. The molecule has 0 radical (unpaired) electrons. The first-order valence-electron chi connectivity index (χ1n) is 6.50. The molecule has 0 aliphatic carbocycles. The minimum Gasteiger partial charge on any atom is -0.489 e. The lowest BCUT2D eigenvalue weighted by molar-refractivity contribution is 0.0178. The Hall–Kier alpha value is 0.340. The molecule has 0 unspecified atom stereocenters. The molecule has 21 heavy (non-hydrogen) atoms. The van der Waals surface area contributed by atoms with E-state index in [1.54, 1.807) is 7.11 Å². The highest BCUT2D eigenvalue weighted by Gasteiger charge is 2.08. The molecule has 0 aliphatic rings. The molecule has 0 saturated heterocycles. The van der Waals surface area contributed by atoms with Gasteiger partial charge in [0.05, 0.1) is 42.0 Å². The van der Waals surface area contributed by atoms with Crippen LogP contribution in [0.2, 0.25) is 0 Å². The molecule has 1 rings (SSSR count). The van der Waals surface area contributed by atoms with Gasteiger partial charge in [-0.05, 0) is 49.6 Å². The van der Waals surface area contributed by atoms with Crippen molar-refractivity contribution in [1.82, 2.24) is 0 Å². The standard InChI is InChI=1S/C14H19Br3O4/c1-18-2-3-19-4-5-20-6-7-21-14-12(16)8-11(10-15)9-13(14)17/h8-9H,2-7,10H2,1H3. The van der Waals surface area contributed by atoms with Crippen LogP contribution >= 0.6 is 47.8 Å². The van der Waals surface area contributed by atoms with Gasteiger partial charge in [0.25, 0.3) is 0 Å². The SMILES string of the molecule is COCCOCCOCCOc1c(Br)cc(CBr)cc1Br. The normalized spacial score (nSPS) is 10.9. The number of halogens is 3. The van der Waals surface area contributed by atoms with Gasteiger partial charge >= 0.3 is 0 Å². The summed E-state index contributed by atoms with van der Waals surface area (Å²) in [5.41, 5.74) is 1.17. The number of alkyl halides is 1. The number of methoxy groups -OCH3 is 1. The fourth-order valence-electron chi connectivity index (χ4n) is 1.49. The fraction of sp³-hybridized carbons (Fsp3) is 0.571. The molecule has 0 saturated carbocycles. The zero-order valence-electron chi connectivity index (χ0n) is 11.9. The number of ether oxygens (including phenoxy) is 4. The van der Waals surface area contributed by atoms with Crippen molar-refractivity contribution in [3.63, 3.8) is 0 Å². The summed E-state index contributed by atoms with van der Waals surface area (Å²) >= 11 is 10.4. The largest absolute Gasteiger partial charge is 0.489 e. The van der Waals surface area contributed by atoms with E-state index in [1.807, 2.05) is 12.1 Å². The molecule has 0 N–H and O–H groups in total. The van der Waals surface area contributed by atoms with Gasteiger partial charge in [0.2, 0.25) is 0 Å². The van der Waals surface area contributed by atoms with Gasteiger partial charge in [-0.25, -0.2) is 0 Å². The molecule has 1 aromatic carbocycles. The Labute approximate surface area is 150 Å². The highest BCUT2D eigenvalue weighted by molar-refractivity contribution is 9.11. The number of hydrogen-bond acceptors (Lipinski definition) is 4. The van der Waals surface area contributed by atoms with Crippen molar-refractivity contribution in [2.75, 3.05) is 46.8 Å². The predicted octanol–water partition coefficient (Wildman–Crippen LogP) is 4.16. The predicted molar refractivity (Wildman–Crippen MR) is 93.5 cm³/mol. The van der Waals surface area contributed by atoms with Gasteiger partial charge in [0.1, 0.15) is 12.4 Å². The van der Waals surface area contributed by atoms with Crippen LogP contribution in [-0.4, -0.2) is 46.8 Å². The maximum Gasteiger partial charge on any atom is 0.147 e. The average molecular weight is 491 g/mol. The lowest BCUT2D eigenvalue weighted by atomic mass is 10.2. The number of benzene rings is 1. The van der Waals surface area contributed by atoms with E-state index in [9.17, 15) is 0 Å². The highest BCUT2D eigenvalue weighted by Crippen LogP contribution is 2.35. The van der Waals surface area contributed by atoms with Gasteiger partial charge < -0.3 is 18.9 Å². The smallest absolute Gasteiger partial charge is 0.147 e. The molecular weight excluding hydrogens is 472 g/mol. The van der Waals surface area contributed by atoms with E-state index in [-0.39, 0.29) is 0 Å². The minimum absolute atomic E-state index is 0.489. The second-order valence-electron chi connectivity index (χ2n) is 4.09. The van der Waals surface area contributed by atoms with E-state index < -0.39 is 0 Å². The molecule has 0 spiro atoms. The average Bonchev–Trinajstić information content (AvgIpc) is 2.47. The lowest BCUT2D eigenvalue weighted by Gasteiger charge is -2.12. The topological polar surface area (TPSA) is 36.9 Å². The first-order chi connectivity index (χ1) is 10.2. The van der Waals surface area contributed by atoms with Gasteiger partial charge in [-0.15, -0.1) is 0 Å². The van der Waals surface area contributed by atoms with Crippen LogP contribution in [0, 0.1) is 0 Å². The van der Waals surface area contributed by atoms with E-state index in [0.717, 1.165) is 20.0 Å². The quantitative estimate of drug-likeness (QED) is 0.345. The van der Waals surface area contributed by atoms with Crippen molar-refractivity contribution >= 4 is 47.8 Å². The third-order valence-electron chi connectivity index (χ3n) is 2.49. The zero-order valence-corrected chi connectivity index (χ0v) is 16.6. The van der Waals surface area contributed by atoms with Crippen molar-refractivity contribution in [2.24, 2.45) is 0 Å². The zero-order chi connectivity index (χ0) is 15.5. The second kappa shape index (κ2) is 11.8. The Morgan fingerprint density at radius 1 is 0.857 bits per heavy atom. The fourth-order valence-corrected chi connectivity index (χ4v) is 3.33. The van der Waals surface area contributed by atoms with Crippen LogP contribution in [0.5, 0.6) is 5.75 Å². The first kappa shape index (κ1) is 19.4. The molecule has 0 bridgehead atoms. The molecule has 120 valence electrons. The summed E-state index contributed by atoms with van der Waals surface area (Å²) in [4.78, 5) is 0. The Kier molecular flexibility index (Phi) is 10.9. The Morgan fingerprint density at radius 3 is 1.90 bits per heavy atom. The van der Waals surface area contributed by atoms with Crippen molar-refractivity contribution in [3.05, 3.63) is 26.6 Å². The Balaban J connectivity index is 2.18. The molecule has 0 aliphatic heterocycles. The maximum absolute atomic E-state index is 5.72. The van der Waals surface area contributed by atoms with Crippen molar-refractivity contribution in [2.45, 2.75) is 5.33 Å². The maximum atomic E-state index is 5.72. The molecule has 7 heteroatoms. The molecule has 0 aromatic heterocycles. The van der Waals surface area contributed by atoms with Crippen molar-refractivity contribution in [1.29, 1.82) is 0 Å². The van der Waals surface area contributed by atoms with E-state index in [1.165, 1.54) is 5.56 Å². The van der Waals surface area contributed by atoms with E-state index in [0.29, 0.717) is 39.6 Å². The van der Waals surface area contributed by atoms with Gasteiger partial charge in [-0.3, -0.25) is 0 Å². The molecule has 1 aromatic rings. The van der Waals surface area contributed by atoms with Crippen LogP contribution in [0.4, 0.5) is 0 Å². The van der Waals surface area contributed by atoms with Crippen LogP contribution in [0.3, 0.4) is 0 Å². The molecule has 0 heterocycles. The van der Waals surface area contributed by atoms with Crippen molar-refractivity contribution < 1.29 is 18.9 Å². The lowest BCUT2D eigenvalue weighted by Crippen LogP contribution is -2.12. The third kappa shape index (κ3) is 7.95. The van der Waals surface area contributed by atoms with E-state index >= 15 is 0 Å². The van der Waals surface area contributed by atoms with Crippen LogP contribution in [-0.2, 0) is 19.5 Å². The van der Waals surface area contributed by atoms with E-state index in [4.69, 9.17) is 18.9 Å². The summed E-state index contributed by atoms with van der Waals surface area (Å²) in [6, 6.07) is 4.05. The number of hydrogen-bond donors (Lipinski definition) is 0. The third-order valence-corrected chi connectivity index (χ3v) is 4.32. The summed E-state index contributed by atoms with van der Waals surface area (Å²) in [7, 11) is 1.65. The van der Waals surface area contributed by atoms with Crippen LogP contribution in [0.1, 0.15) is 5.56 Å². The first-order valence-corrected chi connectivity index (χ1v) is 9.21. The summed E-state index contributed by atoms with van der Waals surface area (Å²) in [6.07, 6.45) is 0. The van der Waals surface area contributed by atoms with Gasteiger partial charge in [0, 0.05) is 12.4 Å². The van der Waals surface area contributed by atoms with Crippen LogP contribution < -0.4 is 4.74 Å². The van der Waals surface area contributed by atoms with E-state index in [2.05, 4.69) is 47.8 Å². The molecular formula is C14H19Br3O4. The summed E-state index contributed by atoms with van der Waals surface area (Å²) < 4.78 is 23.2. The Morgan fingerprint density at radius 2 is 1.38 bits per heavy atom. The van der Waals surface area contributed by atoms with Gasteiger partial charge in [-0.1, -0.05) is 15.9 Å².